The third-order valence-corrected chi connectivity index (χ3v) is 39.7. The Bertz CT molecular complexity index is 606. The lowest BCUT2D eigenvalue weighted by Crippen LogP contribution is -2.54. The lowest BCUT2D eigenvalue weighted by molar-refractivity contribution is 0.127. The van der Waals surface area contributed by atoms with Gasteiger partial charge in [-0.1, -0.05) is 59.9 Å². The number of rotatable bonds is 18. The van der Waals surface area contributed by atoms with Crippen molar-refractivity contribution >= 4 is 84.6 Å². The highest BCUT2D eigenvalue weighted by molar-refractivity contribution is 14.2. The molecule has 227 valence electrons. The Morgan fingerprint density at radius 1 is 0.622 bits per heavy atom. The fraction of sp³-hybridized carbons (Fsp3) is 1.00. The van der Waals surface area contributed by atoms with E-state index in [9.17, 15) is 0 Å². The Hall–Kier alpha value is 2.21. The molecule has 0 fully saturated rings. The molecule has 0 bridgehead atoms. The minimum atomic E-state index is -2.61. The summed E-state index contributed by atoms with van der Waals surface area (Å²) in [5.74, 6) is 1.28. The van der Waals surface area contributed by atoms with Crippen molar-refractivity contribution in [3.63, 3.8) is 0 Å². The third-order valence-electron chi connectivity index (χ3n) is 5.48. The highest BCUT2D eigenvalue weighted by atomic mass is 127. The normalized spacial score (nSPS) is 14.2. The second-order valence-corrected chi connectivity index (χ2v) is 46.0. The SMILES string of the molecule is CO[Si](C[Si](C)(C)O[Si](C)(C)CCC[B]P(I)C[Si](C)(C)O[Si](C)(C)C[Si](C)(C)C)(OC)OC.O.O.O. The lowest BCUT2D eigenvalue weighted by atomic mass is 10.0. The van der Waals surface area contributed by atoms with Gasteiger partial charge in [0.25, 0.3) is 0 Å². The fourth-order valence-electron chi connectivity index (χ4n) is 5.10. The van der Waals surface area contributed by atoms with E-state index in [2.05, 4.69) is 101 Å². The van der Waals surface area contributed by atoms with Crippen LogP contribution in [0.5, 0.6) is 0 Å². The van der Waals surface area contributed by atoms with E-state index in [1.165, 1.54) is 30.2 Å². The first-order valence-electron chi connectivity index (χ1n) is 12.4. The molecule has 37 heavy (non-hydrogen) atoms. The maximum atomic E-state index is 6.92. The second-order valence-electron chi connectivity index (χ2n) is 13.1. The van der Waals surface area contributed by atoms with E-state index in [-0.39, 0.29) is 21.9 Å². The predicted octanol–water partition coefficient (Wildman–Crippen LogP) is 5.46. The van der Waals surface area contributed by atoms with Crippen molar-refractivity contribution in [1.82, 2.24) is 0 Å². The molecule has 0 aliphatic heterocycles. The van der Waals surface area contributed by atoms with E-state index in [4.69, 9.17) is 21.5 Å². The van der Waals surface area contributed by atoms with Gasteiger partial charge in [0.15, 0.2) is 40.3 Å². The minimum Gasteiger partial charge on any atom is -0.455 e. The van der Waals surface area contributed by atoms with Crippen molar-refractivity contribution in [1.29, 1.82) is 0 Å². The van der Waals surface area contributed by atoms with Crippen LogP contribution in [0.15, 0.2) is 0 Å². The Morgan fingerprint density at radius 2 is 1.03 bits per heavy atom. The van der Waals surface area contributed by atoms with Crippen LogP contribution in [-0.2, 0) is 21.5 Å². The molecule has 8 nitrogen and oxygen atoms in total. The largest absolute Gasteiger partial charge is 0.499 e. The van der Waals surface area contributed by atoms with Crippen molar-refractivity contribution in [3.05, 3.63) is 0 Å². The van der Waals surface area contributed by atoms with E-state index in [1.807, 2.05) is 0 Å². The summed E-state index contributed by atoms with van der Waals surface area (Å²) in [4.78, 5) is 0. The minimum absolute atomic E-state index is 0. The average Bonchev–Trinajstić information content (AvgIpc) is 2.59. The summed E-state index contributed by atoms with van der Waals surface area (Å²) in [6, 6.07) is 1.19. The average molecular weight is 766 g/mol. The van der Waals surface area contributed by atoms with Crippen molar-refractivity contribution in [2.24, 2.45) is 0 Å². The molecule has 0 aliphatic carbocycles. The molecule has 0 aromatic rings. The molecular formula is C20H60BIO8PSi6. The standard InChI is InChI=1S/C20H54BIO5PSi6.3H2O/c1-23-34(24-2,25-3)20-33(13,14)26-30(7,8)17-15-16-21-28(22)18-31(9,10)27-32(11,12)19-29(4,5)6;;;/h15-20H2,1-14H3;3*1H2. The van der Waals surface area contributed by atoms with Gasteiger partial charge in [-0.25, -0.2) is 0 Å². The van der Waals surface area contributed by atoms with Gasteiger partial charge in [0.1, 0.15) is 0 Å². The Labute approximate surface area is 250 Å². The third kappa shape index (κ3) is 21.6. The first kappa shape index (κ1) is 46.2. The second kappa shape index (κ2) is 18.7. The van der Waals surface area contributed by atoms with Crippen LogP contribution in [0, 0.1) is 0 Å². The van der Waals surface area contributed by atoms with Crippen LogP contribution < -0.4 is 0 Å². The Morgan fingerprint density at radius 3 is 1.43 bits per heavy atom. The van der Waals surface area contributed by atoms with Crippen molar-refractivity contribution < 1.29 is 37.9 Å². The highest BCUT2D eigenvalue weighted by Crippen LogP contribution is 2.47. The summed E-state index contributed by atoms with van der Waals surface area (Å²) in [6.07, 6.45) is 2.40. The maximum absolute atomic E-state index is 6.92. The summed E-state index contributed by atoms with van der Waals surface area (Å²) >= 11 is 2.69. The zero-order valence-electron chi connectivity index (χ0n) is 26.2. The van der Waals surface area contributed by atoms with Crippen LogP contribution in [0.4, 0.5) is 0 Å². The molecular weight excluding hydrogens is 705 g/mol. The highest BCUT2D eigenvalue weighted by Gasteiger charge is 2.47. The molecule has 0 aromatic heterocycles. The zero-order chi connectivity index (χ0) is 27.1. The molecule has 1 atom stereocenters. The van der Waals surface area contributed by atoms with Gasteiger partial charge in [-0.15, -0.1) is 0 Å². The fourth-order valence-corrected chi connectivity index (χ4v) is 50.0. The van der Waals surface area contributed by atoms with Crippen molar-refractivity contribution in [2.45, 2.75) is 102 Å². The van der Waals surface area contributed by atoms with Gasteiger partial charge < -0.3 is 37.9 Å². The van der Waals surface area contributed by atoms with Gasteiger partial charge in [-0.05, 0) is 69.9 Å². The van der Waals surface area contributed by atoms with Crippen LogP contribution in [0.3, 0.4) is 0 Å². The van der Waals surface area contributed by atoms with Gasteiger partial charge in [-0.2, -0.15) is 0 Å². The quantitative estimate of drug-likeness (QED) is 0.0790. The summed E-state index contributed by atoms with van der Waals surface area (Å²) < 4.78 is 30.7. The topological polar surface area (TPSA) is 141 Å². The molecule has 6 N–H and O–H groups in total. The molecule has 0 aromatic carbocycles. The van der Waals surface area contributed by atoms with Crippen LogP contribution in [-0.4, -0.2) is 101 Å². The van der Waals surface area contributed by atoms with E-state index >= 15 is 0 Å². The van der Waals surface area contributed by atoms with E-state index in [0.29, 0.717) is 0 Å². The van der Waals surface area contributed by atoms with Crippen LogP contribution in [0.1, 0.15) is 6.42 Å². The predicted molar refractivity (Wildman–Crippen MR) is 188 cm³/mol. The first-order chi connectivity index (χ1) is 15.1. The molecule has 0 saturated carbocycles. The van der Waals surface area contributed by atoms with Crippen LogP contribution in [0.25, 0.3) is 0 Å². The number of halogens is 1. The van der Waals surface area contributed by atoms with E-state index in [0.717, 1.165) is 5.67 Å². The summed E-state index contributed by atoms with van der Waals surface area (Å²) in [5, 5.41) is 0. The molecule has 17 heteroatoms. The Kier molecular flexibility index (Phi) is 23.3. The van der Waals surface area contributed by atoms with Gasteiger partial charge in [-0.3, -0.25) is 0 Å². The molecule has 1 radical (unpaired) electrons. The summed E-state index contributed by atoms with van der Waals surface area (Å²) in [6.45, 7) is 29.0. The molecule has 0 heterocycles. The maximum Gasteiger partial charge on any atom is 0.499 e. The summed E-state index contributed by atoms with van der Waals surface area (Å²) in [7, 11) is -5.53. The lowest BCUT2D eigenvalue weighted by Gasteiger charge is -2.38. The summed E-state index contributed by atoms with van der Waals surface area (Å²) in [5.41, 5.74) is 2.06. The molecule has 0 amide bonds. The van der Waals surface area contributed by atoms with Gasteiger partial charge in [0, 0.05) is 35.1 Å². The number of hydrogen-bond acceptors (Lipinski definition) is 5. The monoisotopic (exact) mass is 765 g/mol. The Balaban J connectivity index is -0.00000181. The molecule has 1 unspecified atom stereocenters. The number of hydrogen-bond donors (Lipinski definition) is 0. The zero-order valence-corrected chi connectivity index (χ0v) is 35.2. The first-order valence-corrected chi connectivity index (χ1v) is 34.9. The molecule has 0 aliphatic rings. The van der Waals surface area contributed by atoms with Gasteiger partial charge in [0.2, 0.25) is 0 Å². The molecule has 0 rings (SSSR count). The van der Waals surface area contributed by atoms with Crippen LogP contribution >= 0.6 is 27.5 Å². The van der Waals surface area contributed by atoms with Crippen molar-refractivity contribution in [3.8, 4) is 0 Å². The smallest absolute Gasteiger partial charge is 0.455 e. The van der Waals surface area contributed by atoms with Crippen LogP contribution in [0.2, 0.25) is 95.7 Å². The van der Waals surface area contributed by atoms with Gasteiger partial charge in [0.05, 0.1) is 0 Å². The van der Waals surface area contributed by atoms with E-state index < -0.39 is 50.1 Å². The molecule has 0 saturated heterocycles. The van der Waals surface area contributed by atoms with E-state index in [1.54, 1.807) is 21.3 Å². The van der Waals surface area contributed by atoms with Crippen molar-refractivity contribution in [2.75, 3.05) is 27.1 Å². The molecule has 0 spiro atoms. The van der Waals surface area contributed by atoms with Gasteiger partial charge >= 0.3 is 8.80 Å².